The van der Waals surface area contributed by atoms with Crippen molar-refractivity contribution in [1.29, 1.82) is 0 Å². The molecule has 0 bridgehead atoms. The van der Waals surface area contributed by atoms with Crippen LogP contribution in [0.25, 0.3) is 10.9 Å². The lowest BCUT2D eigenvalue weighted by Gasteiger charge is -2.25. The van der Waals surface area contributed by atoms with Crippen molar-refractivity contribution in [2.75, 3.05) is 6.54 Å². The third kappa shape index (κ3) is 10.4. The van der Waals surface area contributed by atoms with Crippen molar-refractivity contribution in [3.05, 3.63) is 108 Å². The van der Waals surface area contributed by atoms with Crippen LogP contribution < -0.4 is 33.2 Å². The lowest BCUT2D eigenvalue weighted by Crippen LogP contribution is -2.58. The van der Waals surface area contributed by atoms with Crippen molar-refractivity contribution in [2.45, 2.75) is 56.3 Å². The number of benzene rings is 3. The van der Waals surface area contributed by atoms with Crippen LogP contribution in [0.5, 0.6) is 0 Å². The van der Waals surface area contributed by atoms with Gasteiger partial charge in [0, 0.05) is 36.5 Å². The summed E-state index contributed by atoms with van der Waals surface area (Å²) < 4.78 is 0. The predicted molar refractivity (Wildman–Crippen MR) is 184 cm³/mol. The summed E-state index contributed by atoms with van der Waals surface area (Å²) in [6.07, 6.45) is 2.55. The second-order valence-corrected chi connectivity index (χ2v) is 11.5. The number of fused-ring (bicyclic) bond motifs is 1. The molecule has 4 atom stereocenters. The van der Waals surface area contributed by atoms with Crippen LogP contribution in [0.3, 0.4) is 0 Å². The van der Waals surface area contributed by atoms with Crippen LogP contribution in [0.15, 0.2) is 96.1 Å². The number of nitrogens with one attached hydrogen (secondary N) is 4. The van der Waals surface area contributed by atoms with Crippen LogP contribution in [0.2, 0.25) is 0 Å². The summed E-state index contributed by atoms with van der Waals surface area (Å²) in [6.45, 7) is 0.188. The maximum Gasteiger partial charge on any atom is 0.326 e. The Hall–Kier alpha value is -5.69. The van der Waals surface area contributed by atoms with Crippen molar-refractivity contribution >= 4 is 40.6 Å². The summed E-state index contributed by atoms with van der Waals surface area (Å²) in [4.78, 5) is 60.1. The first-order valence-corrected chi connectivity index (χ1v) is 15.7. The van der Waals surface area contributed by atoms with E-state index in [1.165, 1.54) is 0 Å². The van der Waals surface area contributed by atoms with Gasteiger partial charge in [0.05, 0.1) is 6.04 Å². The number of amides is 3. The first-order chi connectivity index (χ1) is 23.1. The van der Waals surface area contributed by atoms with Gasteiger partial charge >= 0.3 is 5.97 Å². The molecule has 4 rings (SSSR count). The normalized spacial score (nSPS) is 13.4. The molecular weight excluding hydrogens is 612 g/mol. The number of hydrogen-bond donors (Lipinski definition) is 8. The SMILES string of the molecule is NC(N)=NCCCC(NC(=O)C(Cc1ccccc1)NC(=O)C(Cc1c[nH]c2ccccc12)NC(=O)C(N)Cc1ccccc1)C(=O)O. The number of carbonyl (C=O) groups is 4. The van der Waals surface area contributed by atoms with E-state index in [1.807, 2.05) is 60.7 Å². The van der Waals surface area contributed by atoms with E-state index in [1.54, 1.807) is 30.5 Å². The molecule has 0 fully saturated rings. The number of hydrogen-bond acceptors (Lipinski definition) is 6. The highest BCUT2D eigenvalue weighted by molar-refractivity contribution is 5.95. The number of aromatic nitrogens is 1. The summed E-state index contributed by atoms with van der Waals surface area (Å²) in [7, 11) is 0. The van der Waals surface area contributed by atoms with Crippen molar-refractivity contribution < 1.29 is 24.3 Å². The van der Waals surface area contributed by atoms with Gasteiger partial charge in [-0.25, -0.2) is 4.79 Å². The van der Waals surface area contributed by atoms with Gasteiger partial charge in [-0.05, 0) is 42.0 Å². The number of nitrogens with zero attached hydrogens (tertiary/aromatic N) is 1. The number of para-hydroxylation sites is 1. The monoisotopic (exact) mass is 654 g/mol. The van der Waals surface area contributed by atoms with E-state index >= 15 is 0 Å². The molecule has 0 spiro atoms. The Morgan fingerprint density at radius 2 is 1.25 bits per heavy atom. The zero-order valence-corrected chi connectivity index (χ0v) is 26.5. The molecular formula is C35H42N8O5. The lowest BCUT2D eigenvalue weighted by molar-refractivity contribution is -0.142. The fraction of sp³-hybridized carbons (Fsp3) is 0.286. The Labute approximate surface area is 278 Å². The molecule has 48 heavy (non-hydrogen) atoms. The Morgan fingerprint density at radius 1 is 0.708 bits per heavy atom. The fourth-order valence-corrected chi connectivity index (χ4v) is 5.33. The summed E-state index contributed by atoms with van der Waals surface area (Å²) in [6, 6.07) is 21.4. The molecule has 0 aliphatic carbocycles. The maximum absolute atomic E-state index is 14.0. The Bertz CT molecular complexity index is 1710. The van der Waals surface area contributed by atoms with Gasteiger partial charge in [0.1, 0.15) is 18.1 Å². The smallest absolute Gasteiger partial charge is 0.326 e. The second-order valence-electron chi connectivity index (χ2n) is 11.5. The summed E-state index contributed by atoms with van der Waals surface area (Å²) in [5, 5.41) is 18.8. The molecule has 0 aliphatic rings. The highest BCUT2D eigenvalue weighted by Crippen LogP contribution is 2.19. The highest BCUT2D eigenvalue weighted by atomic mass is 16.4. The number of H-pyrrole nitrogens is 1. The van der Waals surface area contributed by atoms with Crippen LogP contribution in [0.4, 0.5) is 0 Å². The number of guanidine groups is 1. The van der Waals surface area contributed by atoms with Crippen molar-refractivity contribution in [3.8, 4) is 0 Å². The third-order valence-electron chi connectivity index (χ3n) is 7.84. The van der Waals surface area contributed by atoms with Gasteiger partial charge in [-0.1, -0.05) is 78.9 Å². The number of rotatable bonds is 17. The largest absolute Gasteiger partial charge is 0.480 e. The molecule has 4 aromatic rings. The van der Waals surface area contributed by atoms with E-state index in [4.69, 9.17) is 17.2 Å². The Kier molecular flexibility index (Phi) is 12.7. The van der Waals surface area contributed by atoms with Crippen LogP contribution in [0, 0.1) is 0 Å². The summed E-state index contributed by atoms with van der Waals surface area (Å²) in [5.41, 5.74) is 20.2. The minimum atomic E-state index is -1.25. The van der Waals surface area contributed by atoms with Gasteiger partial charge in [-0.2, -0.15) is 0 Å². The van der Waals surface area contributed by atoms with Gasteiger partial charge in [0.2, 0.25) is 17.7 Å². The molecule has 1 aromatic heterocycles. The van der Waals surface area contributed by atoms with E-state index < -0.39 is 47.9 Å². The number of carbonyl (C=O) groups excluding carboxylic acids is 3. The molecule has 0 aliphatic heterocycles. The molecule has 0 saturated carbocycles. The van der Waals surface area contributed by atoms with Crippen LogP contribution >= 0.6 is 0 Å². The first kappa shape index (κ1) is 35.2. The molecule has 3 aromatic carbocycles. The van der Waals surface area contributed by atoms with Gasteiger partial charge in [-0.15, -0.1) is 0 Å². The van der Waals surface area contributed by atoms with Gasteiger partial charge < -0.3 is 43.2 Å². The number of aliphatic carboxylic acids is 1. The predicted octanol–water partition coefficient (Wildman–Crippen LogP) is 1.12. The molecule has 0 saturated heterocycles. The average molecular weight is 655 g/mol. The van der Waals surface area contributed by atoms with Gasteiger partial charge in [0.15, 0.2) is 5.96 Å². The molecule has 3 amide bonds. The highest BCUT2D eigenvalue weighted by Gasteiger charge is 2.31. The van der Waals surface area contributed by atoms with E-state index in [2.05, 4.69) is 25.9 Å². The zero-order chi connectivity index (χ0) is 34.5. The Balaban J connectivity index is 1.56. The molecule has 252 valence electrons. The number of carboxylic acids is 1. The second kappa shape index (κ2) is 17.3. The average Bonchev–Trinajstić information content (AvgIpc) is 3.48. The molecule has 4 unspecified atom stereocenters. The van der Waals surface area contributed by atoms with E-state index in [-0.39, 0.29) is 38.2 Å². The number of aliphatic imine (C=N–C) groups is 1. The van der Waals surface area contributed by atoms with Crippen LogP contribution in [0.1, 0.15) is 29.5 Å². The third-order valence-corrected chi connectivity index (χ3v) is 7.84. The van der Waals surface area contributed by atoms with E-state index in [9.17, 15) is 24.3 Å². The molecule has 11 N–H and O–H groups in total. The van der Waals surface area contributed by atoms with Gasteiger partial charge in [0.25, 0.3) is 0 Å². The van der Waals surface area contributed by atoms with Crippen LogP contribution in [-0.4, -0.2) is 70.5 Å². The summed E-state index contributed by atoms with van der Waals surface area (Å²) >= 11 is 0. The van der Waals surface area contributed by atoms with Crippen molar-refractivity contribution in [2.24, 2.45) is 22.2 Å². The van der Waals surface area contributed by atoms with Crippen LogP contribution in [-0.2, 0) is 38.4 Å². The maximum atomic E-state index is 14.0. The zero-order valence-electron chi connectivity index (χ0n) is 26.5. The minimum absolute atomic E-state index is 0.0579. The fourth-order valence-electron chi connectivity index (χ4n) is 5.33. The van der Waals surface area contributed by atoms with Gasteiger partial charge in [-0.3, -0.25) is 19.4 Å². The van der Waals surface area contributed by atoms with E-state index in [0.717, 1.165) is 27.6 Å². The quantitative estimate of drug-likeness (QED) is 0.0466. The molecule has 13 heteroatoms. The van der Waals surface area contributed by atoms with Crippen molar-refractivity contribution in [1.82, 2.24) is 20.9 Å². The topological polar surface area (TPSA) is 231 Å². The number of aromatic amines is 1. The minimum Gasteiger partial charge on any atom is -0.480 e. The molecule has 13 nitrogen and oxygen atoms in total. The standard InChI is InChI=1S/C35H42N8O5/c36-26(18-22-10-3-1-4-11-22)31(44)42-30(20-24-21-40-27-15-8-7-14-25(24)27)33(46)43-29(19-23-12-5-2-6-13-23)32(45)41-28(34(47)48)16-9-17-39-35(37)38/h1-8,10-15,21,26,28-30,40H,9,16-20,36H2,(H,41,45)(H,42,44)(H,43,46)(H,47,48)(H4,37,38,39). The Morgan fingerprint density at radius 3 is 1.88 bits per heavy atom. The molecule has 0 radical (unpaired) electrons. The number of carboxylic acid groups (broad SMARTS) is 1. The first-order valence-electron chi connectivity index (χ1n) is 15.7. The lowest BCUT2D eigenvalue weighted by atomic mass is 10.0. The van der Waals surface area contributed by atoms with Crippen molar-refractivity contribution in [3.63, 3.8) is 0 Å². The number of nitrogens with two attached hydrogens (primary N) is 3. The molecule has 1 heterocycles. The summed E-state index contributed by atoms with van der Waals surface area (Å²) in [5.74, 6) is -3.22. The van der Waals surface area contributed by atoms with E-state index in [0.29, 0.717) is 6.42 Å².